The zero-order valence-electron chi connectivity index (χ0n) is 12.9. The predicted molar refractivity (Wildman–Crippen MR) is 88.0 cm³/mol. The number of imidazole rings is 1. The Hall–Kier alpha value is -2.94. The molecule has 10 heteroatoms. The Labute approximate surface area is 141 Å². The molecule has 0 aliphatic rings. The predicted octanol–water partition coefficient (Wildman–Crippen LogP) is 2.28. The van der Waals surface area contributed by atoms with E-state index in [-0.39, 0.29) is 11.6 Å². The highest BCUT2D eigenvalue weighted by Crippen LogP contribution is 2.26. The molecule has 0 spiro atoms. The van der Waals surface area contributed by atoms with E-state index in [9.17, 15) is 14.9 Å². The van der Waals surface area contributed by atoms with Gasteiger partial charge in [0.15, 0.2) is 5.02 Å². The van der Waals surface area contributed by atoms with Crippen molar-refractivity contribution in [1.82, 2.24) is 19.3 Å². The smallest absolute Gasteiger partial charge is 0.358 e. The van der Waals surface area contributed by atoms with Gasteiger partial charge in [-0.15, -0.1) is 0 Å². The third-order valence-corrected chi connectivity index (χ3v) is 4.06. The number of hydrogen-bond acceptors (Lipinski definition) is 5. The molecule has 1 N–H and O–H groups in total. The lowest BCUT2D eigenvalue weighted by Gasteiger charge is -2.04. The number of rotatable bonds is 4. The van der Waals surface area contributed by atoms with Crippen molar-refractivity contribution in [1.29, 1.82) is 0 Å². The van der Waals surface area contributed by atoms with Crippen molar-refractivity contribution in [2.75, 3.05) is 5.32 Å². The van der Waals surface area contributed by atoms with E-state index in [0.717, 1.165) is 11.0 Å². The lowest BCUT2D eigenvalue weighted by atomic mass is 10.3. The van der Waals surface area contributed by atoms with Gasteiger partial charge in [0.2, 0.25) is 11.9 Å². The molecule has 0 unspecified atom stereocenters. The van der Waals surface area contributed by atoms with Crippen LogP contribution in [-0.4, -0.2) is 30.2 Å². The summed E-state index contributed by atoms with van der Waals surface area (Å²) in [6.45, 7) is 1.35. The number of carbonyl (C=O) groups excluding carboxylic acids is 1. The number of para-hydroxylation sites is 2. The first-order valence-corrected chi connectivity index (χ1v) is 7.35. The van der Waals surface area contributed by atoms with Crippen LogP contribution in [0.25, 0.3) is 11.0 Å². The molecule has 124 valence electrons. The zero-order valence-corrected chi connectivity index (χ0v) is 13.6. The molecule has 1 aromatic carbocycles. The van der Waals surface area contributed by atoms with Gasteiger partial charge in [-0.1, -0.05) is 23.7 Å². The van der Waals surface area contributed by atoms with Gasteiger partial charge < -0.3 is 14.7 Å². The summed E-state index contributed by atoms with van der Waals surface area (Å²) in [7, 11) is 1.78. The molecule has 3 aromatic rings. The maximum Gasteiger partial charge on any atom is 0.408 e. The van der Waals surface area contributed by atoms with E-state index >= 15 is 0 Å². The fraction of sp³-hybridized carbons (Fsp3) is 0.214. The first-order chi connectivity index (χ1) is 11.4. The fourth-order valence-corrected chi connectivity index (χ4v) is 2.54. The van der Waals surface area contributed by atoms with Crippen LogP contribution in [0.15, 0.2) is 24.3 Å². The second-order valence-corrected chi connectivity index (χ2v) is 5.55. The molecule has 1 amide bonds. The monoisotopic (exact) mass is 348 g/mol. The van der Waals surface area contributed by atoms with Gasteiger partial charge in [0.25, 0.3) is 0 Å². The first-order valence-electron chi connectivity index (χ1n) is 6.97. The zero-order chi connectivity index (χ0) is 17.4. The van der Waals surface area contributed by atoms with Crippen LogP contribution in [0.1, 0.15) is 5.69 Å². The number of nitro groups is 1. The number of aromatic nitrogens is 4. The van der Waals surface area contributed by atoms with E-state index in [1.54, 1.807) is 18.5 Å². The van der Waals surface area contributed by atoms with Gasteiger partial charge in [0.05, 0.1) is 21.8 Å². The van der Waals surface area contributed by atoms with Crippen LogP contribution in [0, 0.1) is 17.0 Å². The van der Waals surface area contributed by atoms with Gasteiger partial charge in [-0.2, -0.15) is 4.68 Å². The molecule has 0 fully saturated rings. The molecule has 0 saturated carbocycles. The molecule has 0 atom stereocenters. The van der Waals surface area contributed by atoms with E-state index < -0.39 is 16.6 Å². The maximum atomic E-state index is 12.2. The number of nitrogens with zero attached hydrogens (tertiary/aromatic N) is 5. The van der Waals surface area contributed by atoms with E-state index in [2.05, 4.69) is 15.4 Å². The van der Waals surface area contributed by atoms with Crippen LogP contribution in [-0.2, 0) is 18.4 Å². The standard InChI is InChI=1S/C14H13ClN6O3/c1-8-12(15)13(21(23)24)18-20(8)7-11(22)17-14-16-9-5-3-4-6-10(9)19(14)2/h3-6H,7H2,1-2H3,(H,16,17,22). The highest BCUT2D eigenvalue weighted by atomic mass is 35.5. The van der Waals surface area contributed by atoms with E-state index in [1.807, 2.05) is 24.3 Å². The number of benzene rings is 1. The van der Waals surface area contributed by atoms with Crippen LogP contribution < -0.4 is 5.32 Å². The quantitative estimate of drug-likeness (QED) is 0.574. The number of carbonyl (C=O) groups is 1. The third kappa shape index (κ3) is 2.69. The highest BCUT2D eigenvalue weighted by Gasteiger charge is 2.25. The Balaban J connectivity index is 1.82. The van der Waals surface area contributed by atoms with Gasteiger partial charge in [-0.3, -0.25) is 10.1 Å². The molecule has 9 nitrogen and oxygen atoms in total. The number of hydrogen-bond donors (Lipinski definition) is 1. The van der Waals surface area contributed by atoms with E-state index in [4.69, 9.17) is 11.6 Å². The largest absolute Gasteiger partial charge is 0.408 e. The fourth-order valence-electron chi connectivity index (χ4n) is 2.34. The molecule has 0 saturated heterocycles. The van der Waals surface area contributed by atoms with Crippen LogP contribution >= 0.6 is 11.6 Å². The highest BCUT2D eigenvalue weighted by molar-refractivity contribution is 6.33. The van der Waals surface area contributed by atoms with Crippen molar-refractivity contribution in [3.8, 4) is 0 Å². The SMILES string of the molecule is Cc1c(Cl)c([N+](=O)[O-])nn1CC(=O)Nc1nc2ccccc2n1C. The summed E-state index contributed by atoms with van der Waals surface area (Å²) in [6, 6.07) is 7.46. The van der Waals surface area contributed by atoms with Gasteiger partial charge in [0, 0.05) is 7.05 Å². The molecular weight excluding hydrogens is 336 g/mol. The van der Waals surface area contributed by atoms with Crippen molar-refractivity contribution < 1.29 is 9.72 Å². The summed E-state index contributed by atoms with van der Waals surface area (Å²) in [5, 5.41) is 17.2. The Morgan fingerprint density at radius 1 is 1.42 bits per heavy atom. The average molecular weight is 349 g/mol. The molecule has 2 aromatic heterocycles. The van der Waals surface area contributed by atoms with Crippen molar-refractivity contribution in [3.05, 3.63) is 45.1 Å². The van der Waals surface area contributed by atoms with Gasteiger partial charge >= 0.3 is 5.82 Å². The molecule has 2 heterocycles. The lowest BCUT2D eigenvalue weighted by molar-refractivity contribution is -0.389. The number of amides is 1. The van der Waals surface area contributed by atoms with Crippen LogP contribution in [0.5, 0.6) is 0 Å². The Bertz CT molecular complexity index is 961. The topological polar surface area (TPSA) is 108 Å². The van der Waals surface area contributed by atoms with Crippen LogP contribution in [0.4, 0.5) is 11.8 Å². The summed E-state index contributed by atoms with van der Waals surface area (Å²) in [5.41, 5.74) is 1.98. The molecule has 24 heavy (non-hydrogen) atoms. The minimum Gasteiger partial charge on any atom is -0.358 e. The summed E-state index contributed by atoms with van der Waals surface area (Å²) in [4.78, 5) is 26.7. The second-order valence-electron chi connectivity index (χ2n) is 5.17. The molecule has 0 aliphatic carbocycles. The molecular formula is C14H13ClN6O3. The second kappa shape index (κ2) is 5.93. The van der Waals surface area contributed by atoms with Crippen molar-refractivity contribution in [3.63, 3.8) is 0 Å². The van der Waals surface area contributed by atoms with Crippen LogP contribution in [0.2, 0.25) is 5.02 Å². The van der Waals surface area contributed by atoms with Gasteiger partial charge in [-0.05, 0) is 24.0 Å². The Kier molecular flexibility index (Phi) is 3.94. The third-order valence-electron chi connectivity index (χ3n) is 3.62. The minimum atomic E-state index is -0.685. The molecule has 3 rings (SSSR count). The number of anilines is 1. The summed E-state index contributed by atoms with van der Waals surface area (Å²) in [6.07, 6.45) is 0. The molecule has 0 aliphatic heterocycles. The normalized spacial score (nSPS) is 11.0. The summed E-state index contributed by atoms with van der Waals surface area (Å²) < 4.78 is 2.94. The first kappa shape index (κ1) is 15.9. The van der Waals surface area contributed by atoms with Crippen molar-refractivity contribution in [2.45, 2.75) is 13.5 Å². The van der Waals surface area contributed by atoms with E-state index in [1.165, 1.54) is 4.68 Å². The Morgan fingerprint density at radius 3 is 2.75 bits per heavy atom. The Morgan fingerprint density at radius 2 is 2.12 bits per heavy atom. The van der Waals surface area contributed by atoms with Crippen LogP contribution in [0.3, 0.4) is 0 Å². The van der Waals surface area contributed by atoms with Crippen molar-refractivity contribution in [2.24, 2.45) is 7.05 Å². The summed E-state index contributed by atoms with van der Waals surface area (Å²) in [5.74, 6) is -0.498. The maximum absolute atomic E-state index is 12.2. The number of aryl methyl sites for hydroxylation is 1. The molecule has 0 radical (unpaired) electrons. The number of nitrogens with one attached hydrogen (secondary N) is 1. The van der Waals surface area contributed by atoms with E-state index in [0.29, 0.717) is 11.6 Å². The summed E-state index contributed by atoms with van der Waals surface area (Å²) >= 11 is 5.86. The number of halogens is 1. The van der Waals surface area contributed by atoms with Crippen molar-refractivity contribution >= 4 is 40.3 Å². The number of fused-ring (bicyclic) bond motifs is 1. The average Bonchev–Trinajstić information content (AvgIpc) is 3.00. The lowest BCUT2D eigenvalue weighted by Crippen LogP contribution is -2.22. The molecule has 0 bridgehead atoms. The van der Waals surface area contributed by atoms with Gasteiger partial charge in [-0.25, -0.2) is 4.98 Å². The minimum absolute atomic E-state index is 0.0736. The van der Waals surface area contributed by atoms with Gasteiger partial charge in [0.1, 0.15) is 6.54 Å².